The molecule has 0 fully saturated rings. The summed E-state index contributed by atoms with van der Waals surface area (Å²) >= 11 is 3.27. The van der Waals surface area contributed by atoms with Crippen LogP contribution in [0.1, 0.15) is 19.4 Å². The molecule has 11 heteroatoms. The van der Waals surface area contributed by atoms with Crippen LogP contribution in [0.25, 0.3) is 22.3 Å². The van der Waals surface area contributed by atoms with E-state index in [4.69, 9.17) is 9.47 Å². The molecule has 0 N–H and O–H groups in total. The highest BCUT2D eigenvalue weighted by Gasteiger charge is 2.26. The molecule has 0 saturated carbocycles. The van der Waals surface area contributed by atoms with Crippen molar-refractivity contribution in [2.75, 3.05) is 6.61 Å². The highest BCUT2D eigenvalue weighted by molar-refractivity contribution is 9.10. The van der Waals surface area contributed by atoms with Gasteiger partial charge in [-0.25, -0.2) is 9.78 Å². The molecular formula is C26H21BrN4O6. The molecule has 0 radical (unpaired) electrons. The summed E-state index contributed by atoms with van der Waals surface area (Å²) in [7, 11) is 0. The second kappa shape index (κ2) is 11.1. The van der Waals surface area contributed by atoms with Crippen molar-refractivity contribution in [2.24, 2.45) is 5.10 Å². The highest BCUT2D eigenvalue weighted by atomic mass is 79.9. The second-order valence-corrected chi connectivity index (χ2v) is 8.71. The van der Waals surface area contributed by atoms with Crippen LogP contribution in [-0.4, -0.2) is 39.5 Å². The monoisotopic (exact) mass is 564 g/mol. The van der Waals surface area contributed by atoms with Crippen molar-refractivity contribution >= 4 is 44.7 Å². The zero-order valence-corrected chi connectivity index (χ0v) is 21.4. The van der Waals surface area contributed by atoms with Gasteiger partial charge in [-0.05, 0) is 32.0 Å². The van der Waals surface area contributed by atoms with Crippen LogP contribution in [0.15, 0.2) is 81.1 Å². The number of nitro groups is 1. The minimum absolute atomic E-state index is 0.128. The first-order valence-electron chi connectivity index (χ1n) is 11.2. The minimum Gasteiger partial charge on any atom is -0.471 e. The fraction of sp³-hybridized carbons (Fsp3) is 0.154. The van der Waals surface area contributed by atoms with Crippen molar-refractivity contribution in [2.45, 2.75) is 20.0 Å². The minimum atomic E-state index is -1.13. The van der Waals surface area contributed by atoms with Gasteiger partial charge in [0, 0.05) is 21.7 Å². The number of aromatic nitrogens is 2. The van der Waals surface area contributed by atoms with Crippen molar-refractivity contribution in [1.29, 1.82) is 0 Å². The van der Waals surface area contributed by atoms with Crippen molar-refractivity contribution in [3.8, 4) is 17.1 Å². The number of nitro benzene ring substituents is 1. The number of benzene rings is 3. The van der Waals surface area contributed by atoms with Crippen LogP contribution in [0.3, 0.4) is 0 Å². The van der Waals surface area contributed by atoms with Crippen LogP contribution in [0.2, 0.25) is 0 Å². The highest BCUT2D eigenvalue weighted by Crippen LogP contribution is 2.35. The summed E-state index contributed by atoms with van der Waals surface area (Å²) < 4.78 is 12.1. The Hall–Kier alpha value is -4.38. The van der Waals surface area contributed by atoms with Crippen molar-refractivity contribution in [1.82, 2.24) is 9.66 Å². The Morgan fingerprint density at radius 1 is 1.19 bits per heavy atom. The van der Waals surface area contributed by atoms with Gasteiger partial charge in [-0.3, -0.25) is 14.9 Å². The maximum absolute atomic E-state index is 13.4. The van der Waals surface area contributed by atoms with Crippen LogP contribution in [0, 0.1) is 10.1 Å². The van der Waals surface area contributed by atoms with E-state index < -0.39 is 22.6 Å². The fourth-order valence-corrected chi connectivity index (χ4v) is 4.03. The summed E-state index contributed by atoms with van der Waals surface area (Å²) in [5, 5.41) is 16.5. The van der Waals surface area contributed by atoms with Gasteiger partial charge in [0.15, 0.2) is 11.9 Å². The Labute approximate surface area is 219 Å². The second-order valence-electron chi connectivity index (χ2n) is 7.79. The molecule has 1 atom stereocenters. The molecule has 4 rings (SSSR count). The lowest BCUT2D eigenvalue weighted by molar-refractivity contribution is -0.386. The van der Waals surface area contributed by atoms with Gasteiger partial charge in [0.1, 0.15) is 0 Å². The van der Waals surface area contributed by atoms with Crippen LogP contribution < -0.4 is 10.3 Å². The Morgan fingerprint density at radius 2 is 1.89 bits per heavy atom. The summed E-state index contributed by atoms with van der Waals surface area (Å²) in [5.41, 5.74) is 0.501. The number of ether oxygens (including phenoxy) is 2. The average Bonchev–Trinajstić information content (AvgIpc) is 2.89. The molecule has 1 aromatic heterocycles. The molecule has 37 heavy (non-hydrogen) atoms. The largest absolute Gasteiger partial charge is 0.471 e. The van der Waals surface area contributed by atoms with Crippen molar-refractivity contribution < 1.29 is 19.2 Å². The quantitative estimate of drug-likeness (QED) is 0.128. The van der Waals surface area contributed by atoms with Gasteiger partial charge in [0.25, 0.3) is 5.56 Å². The molecule has 3 aromatic carbocycles. The molecule has 10 nitrogen and oxygen atoms in total. The third kappa shape index (κ3) is 5.56. The average molecular weight is 565 g/mol. The lowest BCUT2D eigenvalue weighted by atomic mass is 10.2. The van der Waals surface area contributed by atoms with E-state index in [1.54, 1.807) is 43.3 Å². The van der Waals surface area contributed by atoms with Gasteiger partial charge in [0.05, 0.1) is 28.6 Å². The van der Waals surface area contributed by atoms with Gasteiger partial charge in [0.2, 0.25) is 5.75 Å². The number of hydrogen-bond acceptors (Lipinski definition) is 8. The molecule has 4 aromatic rings. The predicted octanol–water partition coefficient (Wildman–Crippen LogP) is 4.95. The molecule has 0 aliphatic carbocycles. The summed E-state index contributed by atoms with van der Waals surface area (Å²) in [6.07, 6.45) is 0.131. The molecule has 0 bridgehead atoms. The summed E-state index contributed by atoms with van der Waals surface area (Å²) in [5.74, 6) is -0.586. The molecule has 188 valence electrons. The van der Waals surface area contributed by atoms with Crippen molar-refractivity contribution in [3.05, 3.63) is 97.2 Å². The zero-order valence-electron chi connectivity index (χ0n) is 19.8. The van der Waals surface area contributed by atoms with E-state index in [0.29, 0.717) is 20.9 Å². The number of carbonyl (C=O) groups excluding carboxylic acids is 1. The lowest BCUT2D eigenvalue weighted by Crippen LogP contribution is -2.27. The smallest absolute Gasteiger partial charge is 0.347 e. The first-order valence-corrected chi connectivity index (χ1v) is 12.0. The Kier molecular flexibility index (Phi) is 7.73. The number of para-hydroxylation sites is 1. The topological polar surface area (TPSA) is 126 Å². The summed E-state index contributed by atoms with van der Waals surface area (Å²) in [4.78, 5) is 41.4. The molecule has 0 unspecified atom stereocenters. The zero-order chi connectivity index (χ0) is 26.5. The maximum atomic E-state index is 13.4. The SMILES string of the molecule is CCOC(=O)[C@H](C)Oc1c(C=Nn2c(-c3ccccc3)nc3ccccc3c2=O)cc(Br)cc1[N+](=O)[O-]. The van der Waals surface area contributed by atoms with Crippen LogP contribution in [0.5, 0.6) is 5.75 Å². The first-order chi connectivity index (χ1) is 17.8. The van der Waals surface area contributed by atoms with E-state index >= 15 is 0 Å². The van der Waals surface area contributed by atoms with E-state index in [0.717, 1.165) is 4.68 Å². The lowest BCUT2D eigenvalue weighted by Gasteiger charge is -2.15. The van der Waals surface area contributed by atoms with E-state index in [9.17, 15) is 19.7 Å². The van der Waals surface area contributed by atoms with Gasteiger partial charge in [-0.15, -0.1) is 0 Å². The number of carbonyl (C=O) groups is 1. The van der Waals surface area contributed by atoms with Gasteiger partial charge < -0.3 is 9.47 Å². The van der Waals surface area contributed by atoms with E-state index in [1.165, 1.54) is 25.3 Å². The third-order valence-corrected chi connectivity index (χ3v) is 5.73. The summed E-state index contributed by atoms with van der Waals surface area (Å²) in [6, 6.07) is 18.7. The molecule has 1 heterocycles. The molecule has 0 aliphatic rings. The maximum Gasteiger partial charge on any atom is 0.347 e. The van der Waals surface area contributed by atoms with Crippen molar-refractivity contribution in [3.63, 3.8) is 0 Å². The first kappa shape index (κ1) is 25.7. The standard InChI is InChI=1S/C26H21BrN4O6/c1-3-36-26(33)16(2)37-23-18(13-19(27)14-22(23)31(34)35)15-28-30-24(17-9-5-4-6-10-17)29-21-12-8-7-11-20(21)25(30)32/h4-16H,3H2,1-2H3/t16-/m0/s1. The van der Waals surface area contributed by atoms with Crippen LogP contribution >= 0.6 is 15.9 Å². The predicted molar refractivity (Wildman–Crippen MR) is 142 cm³/mol. The molecule has 0 spiro atoms. The van der Waals surface area contributed by atoms with Gasteiger partial charge in [-0.2, -0.15) is 9.78 Å². The molecule has 0 aliphatic heterocycles. The molecular weight excluding hydrogens is 544 g/mol. The van der Waals surface area contributed by atoms with Gasteiger partial charge in [-0.1, -0.05) is 58.4 Å². The molecule has 0 amide bonds. The third-order valence-electron chi connectivity index (χ3n) is 5.27. The van der Waals surface area contributed by atoms with Gasteiger partial charge >= 0.3 is 11.7 Å². The van der Waals surface area contributed by atoms with E-state index in [-0.39, 0.29) is 29.4 Å². The van der Waals surface area contributed by atoms with Crippen LogP contribution in [-0.2, 0) is 9.53 Å². The van der Waals surface area contributed by atoms with Crippen LogP contribution in [0.4, 0.5) is 5.69 Å². The number of esters is 1. The number of rotatable bonds is 8. The Bertz CT molecular complexity index is 1570. The number of halogens is 1. The summed E-state index contributed by atoms with van der Waals surface area (Å²) in [6.45, 7) is 3.20. The number of nitrogens with zero attached hydrogens (tertiary/aromatic N) is 4. The Morgan fingerprint density at radius 3 is 2.59 bits per heavy atom. The van der Waals surface area contributed by atoms with E-state index in [2.05, 4.69) is 26.0 Å². The molecule has 0 saturated heterocycles. The van der Waals surface area contributed by atoms with E-state index in [1.807, 2.05) is 18.2 Å². The number of fused-ring (bicyclic) bond motifs is 1. The number of hydrogen-bond donors (Lipinski definition) is 0. The Balaban J connectivity index is 1.89. The normalized spacial score (nSPS) is 12.0. The fourth-order valence-electron chi connectivity index (χ4n) is 3.57.